The van der Waals surface area contributed by atoms with Crippen molar-refractivity contribution in [2.75, 3.05) is 19.4 Å². The zero-order valence-electron chi connectivity index (χ0n) is 17.3. The first-order valence-corrected chi connectivity index (χ1v) is 12.0. The Morgan fingerprint density at radius 2 is 2.13 bits per heavy atom. The summed E-state index contributed by atoms with van der Waals surface area (Å²) in [5, 5.41) is 15.4. The molecule has 1 aliphatic carbocycles. The number of nitrogens with one attached hydrogen (secondary N) is 2. The molecular weight excluding hydrogens is 438 g/mol. The van der Waals surface area contributed by atoms with Crippen LogP contribution in [0, 0.1) is 12.8 Å². The Balaban J connectivity index is 1.68. The minimum Gasteiger partial charge on any atom is -0.505 e. The number of phenols is 1. The lowest BCUT2D eigenvalue weighted by molar-refractivity contribution is 0.0824. The Morgan fingerprint density at radius 3 is 2.74 bits per heavy atom. The van der Waals surface area contributed by atoms with Crippen LogP contribution < -0.4 is 10.0 Å². The fourth-order valence-electron chi connectivity index (χ4n) is 3.27. The number of phenolic OH excluding ortho intramolecular Hbond substituents is 1. The molecule has 1 aliphatic heterocycles. The maximum Gasteiger partial charge on any atom is 0.345 e. The summed E-state index contributed by atoms with van der Waals surface area (Å²) in [7, 11) is -0.798. The van der Waals surface area contributed by atoms with Crippen LogP contribution in [0.25, 0.3) is 0 Å². The second-order valence-corrected chi connectivity index (χ2v) is 10.1. The van der Waals surface area contributed by atoms with E-state index in [1.807, 2.05) is 12.3 Å². The highest BCUT2D eigenvalue weighted by molar-refractivity contribution is 7.89. The maximum absolute atomic E-state index is 12.3. The summed E-state index contributed by atoms with van der Waals surface area (Å²) in [5.74, 6) is -0.252. The number of rotatable bonds is 5. The molecule has 1 fully saturated rings. The fraction of sp³-hybridized carbons (Fsp3) is 0.350. The molecule has 164 valence electrons. The molecule has 0 radical (unpaired) electrons. The third-order valence-electron chi connectivity index (χ3n) is 4.97. The van der Waals surface area contributed by atoms with Gasteiger partial charge in [-0.05, 0) is 54.8 Å². The van der Waals surface area contributed by atoms with Crippen LogP contribution in [0.4, 0.5) is 5.69 Å². The molecule has 1 amide bonds. The summed E-state index contributed by atoms with van der Waals surface area (Å²) >= 11 is 1.60. The van der Waals surface area contributed by atoms with Gasteiger partial charge in [0.05, 0.1) is 17.3 Å². The van der Waals surface area contributed by atoms with Crippen LogP contribution in [0.3, 0.4) is 0 Å². The molecule has 1 atom stereocenters. The minimum absolute atomic E-state index is 0.0244. The van der Waals surface area contributed by atoms with Crippen molar-refractivity contribution in [3.63, 3.8) is 0 Å². The summed E-state index contributed by atoms with van der Waals surface area (Å²) in [6.07, 6.45) is 2.06. The second-order valence-electron chi connectivity index (χ2n) is 7.83. The number of aliphatic imine (C=N–C) groups is 1. The van der Waals surface area contributed by atoms with E-state index < -0.39 is 10.2 Å². The van der Waals surface area contributed by atoms with Crippen LogP contribution in [0.2, 0.25) is 0 Å². The predicted molar refractivity (Wildman–Crippen MR) is 121 cm³/mol. The molecule has 2 aliphatic rings. The van der Waals surface area contributed by atoms with Crippen molar-refractivity contribution in [3.05, 3.63) is 45.6 Å². The lowest BCUT2D eigenvalue weighted by Gasteiger charge is -2.15. The minimum atomic E-state index is -3.95. The van der Waals surface area contributed by atoms with Crippen LogP contribution >= 0.6 is 11.3 Å². The standard InChI is InChI=1S/C20H23N5O4S2/c1-11-9-15(30-10-11)16(12-7-8-12)22-19-18(23-31(28,29)24-19)21-14-6-4-5-13(17(14)26)20(27)25(2)3/h4-6,9-10,12,16,26H,7-8H2,1-3H3,(H,21,23)(H,22,24)/t16-/m1/s1. The number of amidine groups is 2. The van der Waals surface area contributed by atoms with Gasteiger partial charge in [0, 0.05) is 19.0 Å². The summed E-state index contributed by atoms with van der Waals surface area (Å²) in [6.45, 7) is 2.01. The molecule has 1 saturated carbocycles. The highest BCUT2D eigenvalue weighted by Crippen LogP contribution is 2.45. The first-order valence-electron chi connectivity index (χ1n) is 9.71. The number of carbonyl (C=O) groups excluding carboxylic acids is 1. The molecule has 0 spiro atoms. The summed E-state index contributed by atoms with van der Waals surface area (Å²) in [6, 6.07) is 6.51. The van der Waals surface area contributed by atoms with E-state index >= 15 is 0 Å². The van der Waals surface area contributed by atoms with E-state index in [9.17, 15) is 18.3 Å². The quantitative estimate of drug-likeness (QED) is 0.591. The van der Waals surface area contributed by atoms with Crippen LogP contribution in [-0.4, -0.2) is 50.1 Å². The number of carbonyl (C=O) groups is 1. The zero-order chi connectivity index (χ0) is 22.3. The number of hydrogen-bond acceptors (Lipinski definition) is 7. The highest BCUT2D eigenvalue weighted by Gasteiger charge is 2.36. The van der Waals surface area contributed by atoms with Gasteiger partial charge < -0.3 is 15.3 Å². The van der Waals surface area contributed by atoms with Crippen LogP contribution in [0.1, 0.15) is 39.7 Å². The maximum atomic E-state index is 12.3. The lowest BCUT2D eigenvalue weighted by atomic mass is 10.1. The Morgan fingerprint density at radius 1 is 1.39 bits per heavy atom. The van der Waals surface area contributed by atoms with Crippen molar-refractivity contribution in [2.24, 2.45) is 15.3 Å². The smallest absolute Gasteiger partial charge is 0.345 e. The number of amides is 1. The molecule has 0 saturated heterocycles. The number of aromatic hydroxyl groups is 1. The summed E-state index contributed by atoms with van der Waals surface area (Å²) in [4.78, 5) is 19.4. The largest absolute Gasteiger partial charge is 0.505 e. The molecular formula is C20H23N5O4S2. The number of aryl methyl sites for hydroxylation is 1. The predicted octanol–water partition coefficient (Wildman–Crippen LogP) is 2.67. The van der Waals surface area contributed by atoms with E-state index in [0.29, 0.717) is 5.92 Å². The lowest BCUT2D eigenvalue weighted by Crippen LogP contribution is -2.31. The van der Waals surface area contributed by atoms with Crippen molar-refractivity contribution < 1.29 is 18.3 Å². The third-order valence-corrected chi connectivity index (χ3v) is 6.96. The van der Waals surface area contributed by atoms with E-state index in [1.54, 1.807) is 31.5 Å². The number of anilines is 1. The van der Waals surface area contributed by atoms with Crippen molar-refractivity contribution in [2.45, 2.75) is 25.8 Å². The van der Waals surface area contributed by atoms with Gasteiger partial charge in [0.15, 0.2) is 17.4 Å². The normalized spacial score (nSPS) is 19.6. The summed E-state index contributed by atoms with van der Waals surface area (Å²) < 4.78 is 30.4. The van der Waals surface area contributed by atoms with Crippen LogP contribution in [-0.2, 0) is 10.2 Å². The van der Waals surface area contributed by atoms with Gasteiger partial charge >= 0.3 is 10.2 Å². The van der Waals surface area contributed by atoms with E-state index in [-0.39, 0.29) is 40.6 Å². The van der Waals surface area contributed by atoms with Gasteiger partial charge in [-0.15, -0.1) is 15.7 Å². The second kappa shape index (κ2) is 7.97. The Labute approximate surface area is 184 Å². The van der Waals surface area contributed by atoms with Crippen molar-refractivity contribution in [3.8, 4) is 5.75 Å². The monoisotopic (exact) mass is 461 g/mol. The average molecular weight is 462 g/mol. The average Bonchev–Trinajstić information content (AvgIpc) is 3.38. The molecule has 1 aromatic heterocycles. The first-order chi connectivity index (χ1) is 14.6. The molecule has 3 N–H and O–H groups in total. The van der Waals surface area contributed by atoms with Crippen molar-refractivity contribution >= 4 is 44.8 Å². The molecule has 4 rings (SSSR count). The number of benzene rings is 1. The van der Waals surface area contributed by atoms with Crippen molar-refractivity contribution in [1.29, 1.82) is 0 Å². The molecule has 1 aromatic carbocycles. The molecule has 2 heterocycles. The van der Waals surface area contributed by atoms with E-state index in [1.165, 1.54) is 17.0 Å². The molecule has 9 nitrogen and oxygen atoms in total. The van der Waals surface area contributed by atoms with Gasteiger partial charge in [-0.1, -0.05) is 6.07 Å². The zero-order valence-corrected chi connectivity index (χ0v) is 18.9. The van der Waals surface area contributed by atoms with Gasteiger partial charge in [0.1, 0.15) is 0 Å². The molecule has 31 heavy (non-hydrogen) atoms. The van der Waals surface area contributed by atoms with E-state index in [0.717, 1.165) is 23.3 Å². The first kappa shape index (κ1) is 21.3. The van der Waals surface area contributed by atoms with Gasteiger partial charge in [-0.3, -0.25) is 9.79 Å². The van der Waals surface area contributed by atoms with Gasteiger partial charge in [-0.25, -0.2) is 4.72 Å². The summed E-state index contributed by atoms with van der Waals surface area (Å²) in [5.41, 5.74) is 1.39. The molecule has 11 heteroatoms. The van der Waals surface area contributed by atoms with Crippen LogP contribution in [0.15, 0.2) is 39.0 Å². The molecule has 0 bridgehead atoms. The number of para-hydroxylation sites is 1. The van der Waals surface area contributed by atoms with Gasteiger partial charge in [0.25, 0.3) is 5.91 Å². The topological polar surface area (TPSA) is 123 Å². The molecule has 2 aromatic rings. The highest BCUT2D eigenvalue weighted by atomic mass is 32.2. The van der Waals surface area contributed by atoms with E-state index in [2.05, 4.69) is 20.5 Å². The Bertz CT molecular complexity index is 1200. The third kappa shape index (κ3) is 4.57. The Kier molecular flexibility index (Phi) is 5.48. The fourth-order valence-corrected chi connectivity index (χ4v) is 5.11. The van der Waals surface area contributed by atoms with Crippen molar-refractivity contribution in [1.82, 2.24) is 9.62 Å². The number of nitrogens with zero attached hydrogens (tertiary/aromatic N) is 3. The Hall–Kier alpha value is -2.92. The van der Waals surface area contributed by atoms with E-state index in [4.69, 9.17) is 4.99 Å². The number of hydrogen-bond donors (Lipinski definition) is 3. The SMILES string of the molecule is Cc1csc([C@H](N=C2NS(=O)(=O)N=C2Nc2cccc(C(=O)N(C)C)c2O)C2CC2)c1. The van der Waals surface area contributed by atoms with Gasteiger partial charge in [0.2, 0.25) is 0 Å². The van der Waals surface area contributed by atoms with Crippen LogP contribution in [0.5, 0.6) is 5.75 Å². The van der Waals surface area contributed by atoms with Gasteiger partial charge in [-0.2, -0.15) is 8.42 Å². The number of thiophene rings is 1. The molecule has 0 unspecified atom stereocenters.